The lowest BCUT2D eigenvalue weighted by Crippen LogP contribution is -2.26. The summed E-state index contributed by atoms with van der Waals surface area (Å²) in [4.78, 5) is 8.70. The van der Waals surface area contributed by atoms with Crippen LogP contribution in [0.3, 0.4) is 0 Å². The van der Waals surface area contributed by atoms with Crippen LogP contribution in [0.4, 0.5) is 0 Å². The third kappa shape index (κ3) is 4.27. The van der Waals surface area contributed by atoms with E-state index in [2.05, 4.69) is 38.1 Å². The van der Waals surface area contributed by atoms with Gasteiger partial charge < -0.3 is 5.32 Å². The monoisotopic (exact) mass is 353 g/mol. The summed E-state index contributed by atoms with van der Waals surface area (Å²) in [6.45, 7) is 3.07. The second kappa shape index (κ2) is 7.72. The molecule has 5 heteroatoms. The lowest BCUT2D eigenvalue weighted by Gasteiger charge is -2.17. The lowest BCUT2D eigenvalue weighted by atomic mass is 10.0. The maximum atomic E-state index is 6.30. The maximum absolute atomic E-state index is 6.30. The van der Waals surface area contributed by atoms with Gasteiger partial charge in [0.05, 0.1) is 6.04 Å². The van der Waals surface area contributed by atoms with Gasteiger partial charge in [-0.15, -0.1) is 0 Å². The predicted octanol–water partition coefficient (Wildman–Crippen LogP) is 4.18. The molecular formula is C15H17BrClN3. The van der Waals surface area contributed by atoms with Gasteiger partial charge in [0.15, 0.2) is 0 Å². The van der Waals surface area contributed by atoms with Crippen molar-refractivity contribution in [3.8, 4) is 0 Å². The van der Waals surface area contributed by atoms with E-state index in [9.17, 15) is 0 Å². The van der Waals surface area contributed by atoms with Crippen molar-refractivity contribution in [3.63, 3.8) is 0 Å². The van der Waals surface area contributed by atoms with E-state index in [1.165, 1.54) is 0 Å². The first-order valence-corrected chi connectivity index (χ1v) is 7.82. The zero-order chi connectivity index (χ0) is 14.4. The molecule has 0 amide bonds. The molecule has 2 aromatic rings. The average molecular weight is 355 g/mol. The van der Waals surface area contributed by atoms with Gasteiger partial charge in [-0.2, -0.15) is 0 Å². The van der Waals surface area contributed by atoms with Crippen LogP contribution in [0.25, 0.3) is 0 Å². The van der Waals surface area contributed by atoms with Gasteiger partial charge in [-0.3, -0.25) is 0 Å². The van der Waals surface area contributed by atoms with Gasteiger partial charge in [0, 0.05) is 21.9 Å². The molecule has 0 saturated carbocycles. The summed E-state index contributed by atoms with van der Waals surface area (Å²) in [5, 5.41) is 4.24. The molecule has 1 aromatic carbocycles. The topological polar surface area (TPSA) is 37.8 Å². The van der Waals surface area contributed by atoms with Crippen molar-refractivity contribution in [3.05, 3.63) is 57.5 Å². The highest BCUT2D eigenvalue weighted by atomic mass is 79.9. The molecule has 1 heterocycles. The first-order chi connectivity index (χ1) is 9.70. The van der Waals surface area contributed by atoms with E-state index in [4.69, 9.17) is 11.6 Å². The number of benzene rings is 1. The summed E-state index contributed by atoms with van der Waals surface area (Å²) in [5.41, 5.74) is 1.09. The highest BCUT2D eigenvalue weighted by molar-refractivity contribution is 9.10. The van der Waals surface area contributed by atoms with Crippen molar-refractivity contribution in [1.29, 1.82) is 0 Å². The van der Waals surface area contributed by atoms with Crippen LogP contribution in [0.15, 0.2) is 41.1 Å². The van der Waals surface area contributed by atoms with Crippen LogP contribution >= 0.6 is 27.5 Å². The fourth-order valence-corrected chi connectivity index (χ4v) is 2.72. The van der Waals surface area contributed by atoms with Crippen molar-refractivity contribution < 1.29 is 0 Å². The molecule has 0 aliphatic rings. The molecule has 0 radical (unpaired) electrons. The fraction of sp³-hybridized carbons (Fsp3) is 0.333. The van der Waals surface area contributed by atoms with Crippen LogP contribution in [0.1, 0.15) is 30.8 Å². The third-order valence-corrected chi connectivity index (χ3v) is 3.82. The molecule has 106 valence electrons. The Kier molecular flexibility index (Phi) is 5.95. The molecule has 20 heavy (non-hydrogen) atoms. The zero-order valence-electron chi connectivity index (χ0n) is 11.3. The molecule has 0 saturated heterocycles. The first-order valence-electron chi connectivity index (χ1n) is 6.65. The molecule has 2 rings (SSSR count). The minimum Gasteiger partial charge on any atom is -0.307 e. The summed E-state index contributed by atoms with van der Waals surface area (Å²) < 4.78 is 0.986. The van der Waals surface area contributed by atoms with Crippen LogP contribution < -0.4 is 5.32 Å². The van der Waals surface area contributed by atoms with E-state index in [1.807, 2.05) is 24.3 Å². The summed E-state index contributed by atoms with van der Waals surface area (Å²) >= 11 is 9.72. The number of aromatic nitrogens is 2. The van der Waals surface area contributed by atoms with Crippen molar-refractivity contribution >= 4 is 27.5 Å². The van der Waals surface area contributed by atoms with E-state index in [0.29, 0.717) is 0 Å². The number of halogens is 2. The van der Waals surface area contributed by atoms with Crippen LogP contribution in [-0.4, -0.2) is 16.5 Å². The van der Waals surface area contributed by atoms with Crippen LogP contribution in [0.5, 0.6) is 0 Å². The van der Waals surface area contributed by atoms with Gasteiger partial charge in [-0.25, -0.2) is 9.97 Å². The summed E-state index contributed by atoms with van der Waals surface area (Å²) in [7, 11) is 0. The Hall–Kier alpha value is -0.970. The van der Waals surface area contributed by atoms with Gasteiger partial charge in [0.25, 0.3) is 0 Å². The number of hydrogen-bond acceptors (Lipinski definition) is 3. The molecule has 0 aliphatic carbocycles. The van der Waals surface area contributed by atoms with Crippen LogP contribution in [-0.2, 0) is 6.42 Å². The molecule has 1 N–H and O–H groups in total. The lowest BCUT2D eigenvalue weighted by molar-refractivity contribution is 0.504. The number of nitrogens with one attached hydrogen (secondary N) is 1. The van der Waals surface area contributed by atoms with Crippen molar-refractivity contribution in [2.24, 2.45) is 0 Å². The minimum atomic E-state index is 0.0785. The number of hydrogen-bond donors (Lipinski definition) is 1. The van der Waals surface area contributed by atoms with Crippen molar-refractivity contribution in [1.82, 2.24) is 15.3 Å². The molecular weight excluding hydrogens is 338 g/mol. The van der Waals surface area contributed by atoms with Gasteiger partial charge in [-0.1, -0.05) is 40.5 Å². The molecule has 1 unspecified atom stereocenters. The Bertz CT molecular complexity index is 548. The molecule has 0 bridgehead atoms. The molecule has 1 atom stereocenters. The Morgan fingerprint density at radius 2 is 2.05 bits per heavy atom. The fourth-order valence-electron chi connectivity index (χ4n) is 1.97. The van der Waals surface area contributed by atoms with E-state index in [1.54, 1.807) is 12.4 Å². The first kappa shape index (κ1) is 15.4. The highest BCUT2D eigenvalue weighted by Gasteiger charge is 2.15. The molecule has 0 fully saturated rings. The van der Waals surface area contributed by atoms with Crippen molar-refractivity contribution in [2.45, 2.75) is 25.8 Å². The van der Waals surface area contributed by atoms with Crippen LogP contribution in [0.2, 0.25) is 5.02 Å². The number of rotatable bonds is 6. The van der Waals surface area contributed by atoms with E-state index in [0.717, 1.165) is 40.3 Å². The second-order valence-electron chi connectivity index (χ2n) is 4.55. The summed E-state index contributed by atoms with van der Waals surface area (Å²) in [6.07, 6.45) is 5.38. The highest BCUT2D eigenvalue weighted by Crippen LogP contribution is 2.25. The Labute approximate surface area is 132 Å². The smallest absolute Gasteiger partial charge is 0.145 e. The van der Waals surface area contributed by atoms with Crippen molar-refractivity contribution in [2.75, 3.05) is 6.54 Å². The maximum Gasteiger partial charge on any atom is 0.145 e. The largest absolute Gasteiger partial charge is 0.307 e. The Balaban J connectivity index is 2.19. The SMILES string of the molecule is CCCNC(Cc1ccc(Br)cc1Cl)c1ncccn1. The van der Waals surface area contributed by atoms with Gasteiger partial charge in [-0.05, 0) is 43.1 Å². The van der Waals surface area contributed by atoms with Gasteiger partial charge >= 0.3 is 0 Å². The standard InChI is InChI=1S/C15H17BrClN3/c1-2-6-18-14(15-19-7-3-8-20-15)9-11-4-5-12(16)10-13(11)17/h3-5,7-8,10,14,18H,2,6,9H2,1H3. The van der Waals surface area contributed by atoms with Gasteiger partial charge in [0.1, 0.15) is 5.82 Å². The predicted molar refractivity (Wildman–Crippen MR) is 85.9 cm³/mol. The minimum absolute atomic E-state index is 0.0785. The van der Waals surface area contributed by atoms with E-state index < -0.39 is 0 Å². The van der Waals surface area contributed by atoms with Gasteiger partial charge in [0.2, 0.25) is 0 Å². The third-order valence-electron chi connectivity index (χ3n) is 2.98. The Morgan fingerprint density at radius 1 is 1.30 bits per heavy atom. The number of nitrogens with zero attached hydrogens (tertiary/aromatic N) is 2. The average Bonchev–Trinajstić information content (AvgIpc) is 2.46. The zero-order valence-corrected chi connectivity index (χ0v) is 13.7. The second-order valence-corrected chi connectivity index (χ2v) is 5.88. The Morgan fingerprint density at radius 3 is 2.70 bits per heavy atom. The van der Waals surface area contributed by atoms with Crippen LogP contribution in [0, 0.1) is 0 Å². The van der Waals surface area contributed by atoms with E-state index in [-0.39, 0.29) is 6.04 Å². The quantitative estimate of drug-likeness (QED) is 0.846. The normalized spacial score (nSPS) is 12.3. The molecule has 3 nitrogen and oxygen atoms in total. The molecule has 0 spiro atoms. The van der Waals surface area contributed by atoms with E-state index >= 15 is 0 Å². The molecule has 0 aliphatic heterocycles. The molecule has 1 aromatic heterocycles. The summed E-state index contributed by atoms with van der Waals surface area (Å²) in [5.74, 6) is 0.805. The summed E-state index contributed by atoms with van der Waals surface area (Å²) in [6, 6.07) is 7.86.